The summed E-state index contributed by atoms with van der Waals surface area (Å²) in [6, 6.07) is 11.2. The average Bonchev–Trinajstić information content (AvgIpc) is 2.63. The first kappa shape index (κ1) is 19.9. The number of carboxylic acids is 1. The molecule has 0 saturated carbocycles. The number of aliphatic carboxylic acids is 1. The fourth-order valence-corrected chi connectivity index (χ4v) is 3.90. The van der Waals surface area contributed by atoms with Crippen molar-refractivity contribution < 1.29 is 23.1 Å². The largest absolute Gasteiger partial charge is 0.480 e. The van der Waals surface area contributed by atoms with Crippen molar-refractivity contribution in [2.75, 3.05) is 6.54 Å². The summed E-state index contributed by atoms with van der Waals surface area (Å²) in [7, 11) is 0. The number of benzene rings is 2. The van der Waals surface area contributed by atoms with E-state index in [1.807, 2.05) is 29.2 Å². The fraction of sp³-hybridized carbons (Fsp3) is 0.350. The van der Waals surface area contributed by atoms with Gasteiger partial charge in [0.25, 0.3) is 0 Å². The van der Waals surface area contributed by atoms with E-state index in [2.05, 4.69) is 15.9 Å². The molecule has 2 atom stereocenters. The van der Waals surface area contributed by atoms with E-state index in [1.165, 1.54) is 6.07 Å². The lowest BCUT2D eigenvalue weighted by molar-refractivity contribution is -0.145. The first-order valence-corrected chi connectivity index (χ1v) is 9.48. The molecule has 2 aromatic rings. The van der Waals surface area contributed by atoms with Crippen LogP contribution in [0.2, 0.25) is 0 Å². The number of likely N-dealkylation sites (tertiary alicyclic amines) is 1. The quantitative estimate of drug-likeness (QED) is 0.681. The van der Waals surface area contributed by atoms with E-state index >= 15 is 0 Å². The summed E-state index contributed by atoms with van der Waals surface area (Å²) in [5, 5.41) is 9.65. The Morgan fingerprint density at radius 1 is 1.11 bits per heavy atom. The lowest BCUT2D eigenvalue weighted by atomic mass is 9.91. The van der Waals surface area contributed by atoms with Crippen LogP contribution in [-0.4, -0.2) is 28.6 Å². The summed E-state index contributed by atoms with van der Waals surface area (Å²) in [5.41, 5.74) is 0.483. The monoisotopic (exact) mass is 441 g/mol. The molecule has 27 heavy (non-hydrogen) atoms. The van der Waals surface area contributed by atoms with Gasteiger partial charge in [-0.25, -0.2) is 0 Å². The van der Waals surface area contributed by atoms with Gasteiger partial charge in [-0.05, 0) is 54.8 Å². The Labute approximate surface area is 163 Å². The molecular formula is C20H19BrF3NO2. The van der Waals surface area contributed by atoms with Crippen molar-refractivity contribution in [2.24, 2.45) is 0 Å². The number of hydrogen-bond donors (Lipinski definition) is 1. The van der Waals surface area contributed by atoms with E-state index in [-0.39, 0.29) is 0 Å². The normalized spacial score (nSPS) is 19.6. The van der Waals surface area contributed by atoms with Crippen molar-refractivity contribution >= 4 is 21.9 Å². The molecule has 0 amide bonds. The van der Waals surface area contributed by atoms with Crippen LogP contribution in [0.5, 0.6) is 0 Å². The number of carboxylic acid groups (broad SMARTS) is 1. The molecular weight excluding hydrogens is 423 g/mol. The molecule has 7 heteroatoms. The van der Waals surface area contributed by atoms with Crippen molar-refractivity contribution in [1.29, 1.82) is 0 Å². The maximum Gasteiger partial charge on any atom is 0.416 e. The maximum atomic E-state index is 13.2. The van der Waals surface area contributed by atoms with E-state index in [1.54, 1.807) is 6.07 Å². The molecule has 1 aliphatic rings. The summed E-state index contributed by atoms with van der Waals surface area (Å²) in [6.07, 6.45) is -2.35. The highest BCUT2D eigenvalue weighted by Gasteiger charge is 2.36. The maximum absolute atomic E-state index is 13.2. The van der Waals surface area contributed by atoms with Crippen LogP contribution < -0.4 is 0 Å². The number of carbonyl (C=O) groups is 1. The van der Waals surface area contributed by atoms with Crippen LogP contribution in [0.3, 0.4) is 0 Å². The number of nitrogens with zero attached hydrogens (tertiary/aromatic N) is 1. The molecule has 2 unspecified atom stereocenters. The molecule has 1 saturated heterocycles. The molecule has 3 rings (SSSR count). The Morgan fingerprint density at radius 3 is 2.44 bits per heavy atom. The van der Waals surface area contributed by atoms with Gasteiger partial charge in [-0.3, -0.25) is 9.69 Å². The third-order valence-electron chi connectivity index (χ3n) is 4.88. The molecule has 0 radical (unpaired) electrons. The van der Waals surface area contributed by atoms with Crippen molar-refractivity contribution in [3.05, 3.63) is 69.7 Å². The highest BCUT2D eigenvalue weighted by atomic mass is 79.9. The van der Waals surface area contributed by atoms with Gasteiger partial charge in [-0.1, -0.05) is 46.6 Å². The van der Waals surface area contributed by atoms with Gasteiger partial charge in [0.2, 0.25) is 0 Å². The van der Waals surface area contributed by atoms with Gasteiger partial charge in [0.05, 0.1) is 11.6 Å². The molecule has 1 fully saturated rings. The van der Waals surface area contributed by atoms with Gasteiger partial charge in [0.15, 0.2) is 0 Å². The van der Waals surface area contributed by atoms with Crippen molar-refractivity contribution in [2.45, 2.75) is 37.5 Å². The van der Waals surface area contributed by atoms with Gasteiger partial charge >= 0.3 is 12.1 Å². The van der Waals surface area contributed by atoms with Crippen LogP contribution in [0.4, 0.5) is 13.2 Å². The second-order valence-electron chi connectivity index (χ2n) is 6.66. The molecule has 3 nitrogen and oxygen atoms in total. The predicted octanol–water partition coefficient (Wildman–Crippen LogP) is 5.50. The third kappa shape index (κ3) is 4.52. The lowest BCUT2D eigenvalue weighted by Crippen LogP contribution is -2.46. The summed E-state index contributed by atoms with van der Waals surface area (Å²) < 4.78 is 40.5. The number of piperidine rings is 1. The van der Waals surface area contributed by atoms with E-state index in [0.29, 0.717) is 18.5 Å². The molecule has 0 spiro atoms. The van der Waals surface area contributed by atoms with Crippen LogP contribution >= 0.6 is 15.9 Å². The zero-order valence-corrected chi connectivity index (χ0v) is 16.0. The fourth-order valence-electron chi connectivity index (χ4n) is 3.63. The average molecular weight is 442 g/mol. The number of halogens is 4. The van der Waals surface area contributed by atoms with E-state index in [9.17, 15) is 23.1 Å². The second-order valence-corrected chi connectivity index (χ2v) is 7.58. The minimum absolute atomic E-state index is 0.445. The van der Waals surface area contributed by atoms with E-state index < -0.39 is 29.8 Å². The summed E-state index contributed by atoms with van der Waals surface area (Å²) in [5.74, 6) is -0.941. The summed E-state index contributed by atoms with van der Waals surface area (Å²) >= 11 is 3.36. The van der Waals surface area contributed by atoms with Gasteiger partial charge < -0.3 is 5.11 Å². The predicted molar refractivity (Wildman–Crippen MR) is 99.4 cm³/mol. The van der Waals surface area contributed by atoms with Crippen LogP contribution in [0, 0.1) is 0 Å². The minimum atomic E-state index is -4.45. The summed E-state index contributed by atoms with van der Waals surface area (Å²) in [4.78, 5) is 13.6. The smallest absolute Gasteiger partial charge is 0.416 e. The van der Waals surface area contributed by atoms with Crippen molar-refractivity contribution in [1.82, 2.24) is 4.90 Å². The Hall–Kier alpha value is -1.86. The number of alkyl halides is 3. The van der Waals surface area contributed by atoms with Gasteiger partial charge in [-0.15, -0.1) is 0 Å². The first-order chi connectivity index (χ1) is 12.8. The second kappa shape index (κ2) is 8.02. The Bertz CT molecular complexity index is 808. The molecule has 144 valence electrons. The topological polar surface area (TPSA) is 40.5 Å². The van der Waals surface area contributed by atoms with Gasteiger partial charge in [0, 0.05) is 4.47 Å². The van der Waals surface area contributed by atoms with E-state index in [4.69, 9.17) is 0 Å². The minimum Gasteiger partial charge on any atom is -0.480 e. The molecule has 1 aliphatic heterocycles. The van der Waals surface area contributed by atoms with Gasteiger partial charge in [-0.2, -0.15) is 13.2 Å². The number of rotatable bonds is 4. The zero-order chi connectivity index (χ0) is 19.6. The standard InChI is InChI=1S/C20H19BrF3NO2/c21-16-9-7-13(8-10-16)18(25-11-2-1-6-17(25)19(26)27)14-4-3-5-15(12-14)20(22,23)24/h3-5,7-10,12,17-18H,1-2,6,11H2,(H,26,27). The summed E-state index contributed by atoms with van der Waals surface area (Å²) in [6.45, 7) is 0.522. The van der Waals surface area contributed by atoms with Crippen LogP contribution in [-0.2, 0) is 11.0 Å². The van der Waals surface area contributed by atoms with Crippen molar-refractivity contribution in [3.8, 4) is 0 Å². The number of hydrogen-bond acceptors (Lipinski definition) is 2. The van der Waals surface area contributed by atoms with Crippen LogP contribution in [0.1, 0.15) is 42.0 Å². The van der Waals surface area contributed by atoms with Crippen molar-refractivity contribution in [3.63, 3.8) is 0 Å². The zero-order valence-electron chi connectivity index (χ0n) is 14.4. The lowest BCUT2D eigenvalue weighted by Gasteiger charge is -2.39. The molecule has 0 aromatic heterocycles. The van der Waals surface area contributed by atoms with Gasteiger partial charge in [0.1, 0.15) is 6.04 Å². The Balaban J connectivity index is 2.10. The molecule has 1 heterocycles. The highest BCUT2D eigenvalue weighted by molar-refractivity contribution is 9.10. The van der Waals surface area contributed by atoms with E-state index in [0.717, 1.165) is 35.0 Å². The molecule has 0 aliphatic carbocycles. The Kier molecular flexibility index (Phi) is 5.91. The SMILES string of the molecule is O=C(O)C1CCCCN1C(c1ccc(Br)cc1)c1cccc(C(F)(F)F)c1. The van der Waals surface area contributed by atoms with Crippen LogP contribution in [0.25, 0.3) is 0 Å². The third-order valence-corrected chi connectivity index (χ3v) is 5.41. The molecule has 1 N–H and O–H groups in total. The molecule has 2 aromatic carbocycles. The molecule has 0 bridgehead atoms. The first-order valence-electron chi connectivity index (χ1n) is 8.68. The highest BCUT2D eigenvalue weighted by Crippen LogP contribution is 2.37. The van der Waals surface area contributed by atoms with Crippen LogP contribution in [0.15, 0.2) is 53.0 Å². The Morgan fingerprint density at radius 2 is 1.81 bits per heavy atom.